The molecule has 0 unspecified atom stereocenters. The molecule has 0 bridgehead atoms. The number of benzene rings is 1. The Morgan fingerprint density at radius 1 is 1.14 bits per heavy atom. The van der Waals surface area contributed by atoms with Crippen molar-refractivity contribution in [3.05, 3.63) is 29.8 Å². The highest BCUT2D eigenvalue weighted by Gasteiger charge is 2.11. The molecule has 3 heteroatoms. The summed E-state index contributed by atoms with van der Waals surface area (Å²) in [4.78, 5) is 2.36. The van der Waals surface area contributed by atoms with E-state index in [1.807, 2.05) is 12.1 Å². The molecule has 0 atom stereocenters. The summed E-state index contributed by atoms with van der Waals surface area (Å²) in [5.74, 6) is 0.987. The second kappa shape index (κ2) is 9.06. The first-order valence-electron chi connectivity index (χ1n) is 8.33. The van der Waals surface area contributed by atoms with E-state index in [9.17, 15) is 0 Å². The van der Waals surface area contributed by atoms with Gasteiger partial charge in [0.2, 0.25) is 0 Å². The summed E-state index contributed by atoms with van der Waals surface area (Å²) in [5.41, 5.74) is 1.26. The minimum atomic E-state index is 0.743. The molecule has 2 rings (SSSR count). The first-order valence-corrected chi connectivity index (χ1v) is 8.33. The van der Waals surface area contributed by atoms with Crippen molar-refractivity contribution in [3.8, 4) is 5.75 Å². The van der Waals surface area contributed by atoms with E-state index < -0.39 is 0 Å². The largest absolute Gasteiger partial charge is 0.496 e. The summed E-state index contributed by atoms with van der Waals surface area (Å²) in [6.45, 7) is 3.10. The molecule has 21 heavy (non-hydrogen) atoms. The summed E-state index contributed by atoms with van der Waals surface area (Å²) in [5, 5.41) is 3.73. The highest BCUT2D eigenvalue weighted by Crippen LogP contribution is 2.19. The van der Waals surface area contributed by atoms with E-state index in [1.54, 1.807) is 7.11 Å². The molecule has 0 spiro atoms. The van der Waals surface area contributed by atoms with Crippen molar-refractivity contribution in [1.82, 2.24) is 10.2 Å². The predicted octanol–water partition coefficient (Wildman–Crippen LogP) is 3.44. The molecule has 0 aromatic heterocycles. The van der Waals surface area contributed by atoms with Gasteiger partial charge in [-0.15, -0.1) is 0 Å². The lowest BCUT2D eigenvalue weighted by molar-refractivity contribution is 0.305. The van der Waals surface area contributed by atoms with Crippen molar-refractivity contribution in [1.29, 1.82) is 0 Å². The average molecular weight is 290 g/mol. The van der Waals surface area contributed by atoms with Gasteiger partial charge >= 0.3 is 0 Å². The van der Waals surface area contributed by atoms with Crippen LogP contribution in [0.25, 0.3) is 0 Å². The van der Waals surface area contributed by atoms with E-state index in [0.29, 0.717) is 0 Å². The van der Waals surface area contributed by atoms with Crippen LogP contribution >= 0.6 is 0 Å². The van der Waals surface area contributed by atoms with Gasteiger partial charge < -0.3 is 15.0 Å². The maximum absolute atomic E-state index is 5.42. The topological polar surface area (TPSA) is 24.5 Å². The van der Waals surface area contributed by atoms with Crippen LogP contribution in [-0.2, 0) is 6.54 Å². The van der Waals surface area contributed by atoms with Crippen LogP contribution in [0.3, 0.4) is 0 Å². The Morgan fingerprint density at radius 3 is 2.57 bits per heavy atom. The summed E-state index contributed by atoms with van der Waals surface area (Å²) in [6.07, 6.45) is 8.35. The van der Waals surface area contributed by atoms with E-state index >= 15 is 0 Å². The van der Waals surface area contributed by atoms with Gasteiger partial charge in [-0.1, -0.05) is 43.9 Å². The molecule has 0 aliphatic heterocycles. The van der Waals surface area contributed by atoms with Crippen molar-refractivity contribution in [2.24, 2.45) is 0 Å². The van der Waals surface area contributed by atoms with Crippen molar-refractivity contribution < 1.29 is 4.74 Å². The van der Waals surface area contributed by atoms with E-state index in [0.717, 1.165) is 31.4 Å². The van der Waals surface area contributed by atoms with Crippen LogP contribution in [0.2, 0.25) is 0 Å². The van der Waals surface area contributed by atoms with Gasteiger partial charge in [0, 0.05) is 31.2 Å². The standard InChI is InChI=1S/C18H30N2O/c1-20(15-16-9-7-8-12-18(16)21-2)14-13-19-17-10-5-3-4-6-11-17/h7-9,12,17,19H,3-6,10-11,13-15H2,1-2H3. The van der Waals surface area contributed by atoms with Gasteiger partial charge in [0.1, 0.15) is 5.75 Å². The quantitative estimate of drug-likeness (QED) is 0.779. The Hall–Kier alpha value is -1.06. The van der Waals surface area contributed by atoms with Crippen molar-refractivity contribution in [2.75, 3.05) is 27.2 Å². The molecule has 118 valence electrons. The molecule has 1 N–H and O–H groups in total. The zero-order valence-electron chi connectivity index (χ0n) is 13.6. The fraction of sp³-hybridized carbons (Fsp3) is 0.667. The number of ether oxygens (including phenoxy) is 1. The third-order valence-electron chi connectivity index (χ3n) is 4.41. The third kappa shape index (κ3) is 5.68. The second-order valence-electron chi connectivity index (χ2n) is 6.19. The number of likely N-dealkylation sites (N-methyl/N-ethyl adjacent to an activating group) is 1. The Morgan fingerprint density at radius 2 is 1.86 bits per heavy atom. The molecular formula is C18H30N2O. The predicted molar refractivity (Wildman–Crippen MR) is 88.8 cm³/mol. The third-order valence-corrected chi connectivity index (χ3v) is 4.41. The van der Waals surface area contributed by atoms with E-state index in [-0.39, 0.29) is 0 Å². The molecule has 1 aliphatic rings. The van der Waals surface area contributed by atoms with Crippen LogP contribution in [0.4, 0.5) is 0 Å². The van der Waals surface area contributed by atoms with Crippen molar-refractivity contribution >= 4 is 0 Å². The van der Waals surface area contributed by atoms with Gasteiger partial charge in [-0.25, -0.2) is 0 Å². The van der Waals surface area contributed by atoms with E-state index in [4.69, 9.17) is 4.74 Å². The highest BCUT2D eigenvalue weighted by atomic mass is 16.5. The fourth-order valence-corrected chi connectivity index (χ4v) is 3.15. The first kappa shape index (κ1) is 16.3. The van der Waals surface area contributed by atoms with Gasteiger partial charge in [0.15, 0.2) is 0 Å². The lowest BCUT2D eigenvalue weighted by Gasteiger charge is -2.21. The number of nitrogens with zero attached hydrogens (tertiary/aromatic N) is 1. The molecule has 1 aromatic rings. The van der Waals surface area contributed by atoms with Crippen LogP contribution in [0.1, 0.15) is 44.1 Å². The van der Waals surface area contributed by atoms with Gasteiger partial charge in [0.05, 0.1) is 7.11 Å². The molecule has 0 saturated heterocycles. The monoisotopic (exact) mass is 290 g/mol. The van der Waals surface area contributed by atoms with Crippen LogP contribution in [0.5, 0.6) is 5.75 Å². The summed E-state index contributed by atoms with van der Waals surface area (Å²) < 4.78 is 5.42. The second-order valence-corrected chi connectivity index (χ2v) is 6.19. The number of hydrogen-bond acceptors (Lipinski definition) is 3. The molecule has 3 nitrogen and oxygen atoms in total. The smallest absolute Gasteiger partial charge is 0.123 e. The van der Waals surface area contributed by atoms with Crippen LogP contribution in [-0.4, -0.2) is 38.2 Å². The minimum Gasteiger partial charge on any atom is -0.496 e. The van der Waals surface area contributed by atoms with Gasteiger partial charge in [-0.05, 0) is 26.0 Å². The Kier molecular flexibility index (Phi) is 7.04. The van der Waals surface area contributed by atoms with Crippen LogP contribution < -0.4 is 10.1 Å². The maximum Gasteiger partial charge on any atom is 0.123 e. The Bertz CT molecular complexity index is 400. The van der Waals surface area contributed by atoms with E-state index in [2.05, 4.69) is 29.4 Å². The average Bonchev–Trinajstić information content (AvgIpc) is 2.76. The molecule has 0 heterocycles. The van der Waals surface area contributed by atoms with Gasteiger partial charge in [-0.2, -0.15) is 0 Å². The maximum atomic E-state index is 5.42. The van der Waals surface area contributed by atoms with Crippen LogP contribution in [0.15, 0.2) is 24.3 Å². The minimum absolute atomic E-state index is 0.743. The number of nitrogens with one attached hydrogen (secondary N) is 1. The summed E-state index contributed by atoms with van der Waals surface area (Å²) in [7, 11) is 3.92. The molecule has 0 amide bonds. The summed E-state index contributed by atoms with van der Waals surface area (Å²) in [6, 6.07) is 9.03. The van der Waals surface area contributed by atoms with Crippen LogP contribution in [0, 0.1) is 0 Å². The van der Waals surface area contributed by atoms with Crippen molar-refractivity contribution in [3.63, 3.8) is 0 Å². The lowest BCUT2D eigenvalue weighted by Crippen LogP contribution is -2.35. The highest BCUT2D eigenvalue weighted by molar-refractivity contribution is 5.32. The zero-order chi connectivity index (χ0) is 14.9. The first-order chi connectivity index (χ1) is 10.3. The Labute approximate surface area is 129 Å². The number of hydrogen-bond donors (Lipinski definition) is 1. The fourth-order valence-electron chi connectivity index (χ4n) is 3.15. The molecular weight excluding hydrogens is 260 g/mol. The molecule has 1 aliphatic carbocycles. The van der Waals surface area contributed by atoms with E-state index in [1.165, 1.54) is 44.1 Å². The zero-order valence-corrected chi connectivity index (χ0v) is 13.6. The van der Waals surface area contributed by atoms with Gasteiger partial charge in [-0.3, -0.25) is 0 Å². The number of para-hydroxylation sites is 1. The summed E-state index contributed by atoms with van der Waals surface area (Å²) >= 11 is 0. The molecule has 1 saturated carbocycles. The molecule has 1 fully saturated rings. The lowest BCUT2D eigenvalue weighted by atomic mass is 10.1. The Balaban J connectivity index is 1.70. The SMILES string of the molecule is COc1ccccc1CN(C)CCNC1CCCCCC1. The number of rotatable bonds is 7. The van der Waals surface area contributed by atoms with Gasteiger partial charge in [0.25, 0.3) is 0 Å². The molecule has 1 aromatic carbocycles. The van der Waals surface area contributed by atoms with Crippen molar-refractivity contribution in [2.45, 2.75) is 51.1 Å². The number of methoxy groups -OCH3 is 1. The molecule has 0 radical (unpaired) electrons. The normalized spacial score (nSPS) is 16.9.